The van der Waals surface area contributed by atoms with Gasteiger partial charge in [0.25, 0.3) is 5.91 Å². The Morgan fingerprint density at radius 3 is 2.86 bits per heavy atom. The number of halogens is 1. The predicted molar refractivity (Wildman–Crippen MR) is 102 cm³/mol. The van der Waals surface area contributed by atoms with E-state index in [2.05, 4.69) is 15.4 Å². The lowest BCUT2D eigenvalue weighted by Gasteiger charge is -2.16. The summed E-state index contributed by atoms with van der Waals surface area (Å²) in [6.07, 6.45) is 3.71. The van der Waals surface area contributed by atoms with Crippen LogP contribution < -0.4 is 5.32 Å². The Morgan fingerprint density at radius 2 is 2.18 bits per heavy atom. The van der Waals surface area contributed by atoms with E-state index in [-0.39, 0.29) is 24.3 Å². The van der Waals surface area contributed by atoms with Gasteiger partial charge in [-0.2, -0.15) is 5.10 Å². The zero-order valence-corrected chi connectivity index (χ0v) is 15.6. The number of aryl methyl sites for hydroxylation is 1. The Balaban J connectivity index is 1.72. The highest BCUT2D eigenvalue weighted by atomic mass is 19.1. The maximum Gasteiger partial charge on any atom is 0.252 e. The average molecular weight is 381 g/mol. The fraction of sp³-hybridized carbons (Fsp3) is 0.300. The van der Waals surface area contributed by atoms with Crippen LogP contribution in [0.25, 0.3) is 22.2 Å². The van der Waals surface area contributed by atoms with Crippen LogP contribution in [-0.4, -0.2) is 50.6 Å². The van der Waals surface area contributed by atoms with Gasteiger partial charge >= 0.3 is 0 Å². The van der Waals surface area contributed by atoms with Crippen molar-refractivity contribution in [2.75, 3.05) is 13.1 Å². The van der Waals surface area contributed by atoms with Crippen molar-refractivity contribution in [2.45, 2.75) is 19.4 Å². The van der Waals surface area contributed by atoms with Gasteiger partial charge in [-0.05, 0) is 25.1 Å². The number of carbonyl (C=O) groups excluding carboxylic acids is 2. The van der Waals surface area contributed by atoms with Crippen molar-refractivity contribution in [3.8, 4) is 11.3 Å². The first-order valence-electron chi connectivity index (χ1n) is 9.12. The van der Waals surface area contributed by atoms with Gasteiger partial charge < -0.3 is 10.2 Å². The van der Waals surface area contributed by atoms with Gasteiger partial charge in [0.2, 0.25) is 5.91 Å². The zero-order chi connectivity index (χ0) is 19.8. The SMILES string of the molecule is CCN1CC(NC(=O)c2cc(-c3cnn(C)c3)nc3cc(F)ccc23)CC1=O. The number of rotatable bonds is 4. The smallest absolute Gasteiger partial charge is 0.252 e. The number of likely N-dealkylation sites (N-methyl/N-ethyl adjacent to an activating group) is 1. The van der Waals surface area contributed by atoms with Gasteiger partial charge in [0.05, 0.1) is 29.0 Å². The van der Waals surface area contributed by atoms with Crippen molar-refractivity contribution in [1.82, 2.24) is 25.0 Å². The number of likely N-dealkylation sites (tertiary alicyclic amines) is 1. The van der Waals surface area contributed by atoms with Gasteiger partial charge in [0.1, 0.15) is 5.82 Å². The van der Waals surface area contributed by atoms with E-state index in [4.69, 9.17) is 0 Å². The van der Waals surface area contributed by atoms with Gasteiger partial charge in [0, 0.05) is 49.8 Å². The molecule has 0 radical (unpaired) electrons. The maximum atomic E-state index is 13.8. The third-order valence-electron chi connectivity index (χ3n) is 4.95. The molecule has 1 unspecified atom stereocenters. The van der Waals surface area contributed by atoms with E-state index in [0.717, 1.165) is 5.56 Å². The molecule has 2 aromatic heterocycles. The minimum absolute atomic E-state index is 0.0329. The van der Waals surface area contributed by atoms with Crippen molar-refractivity contribution >= 4 is 22.7 Å². The fourth-order valence-corrected chi connectivity index (χ4v) is 3.53. The van der Waals surface area contributed by atoms with Crippen molar-refractivity contribution in [3.63, 3.8) is 0 Å². The summed E-state index contributed by atoms with van der Waals surface area (Å²) in [5, 5.41) is 7.63. The van der Waals surface area contributed by atoms with Crippen LogP contribution in [0.15, 0.2) is 36.7 Å². The molecule has 144 valence electrons. The molecular weight excluding hydrogens is 361 g/mol. The van der Waals surface area contributed by atoms with Gasteiger partial charge in [-0.1, -0.05) is 0 Å². The molecule has 1 saturated heterocycles. The first-order valence-corrected chi connectivity index (χ1v) is 9.12. The number of amides is 2. The van der Waals surface area contributed by atoms with Crippen LogP contribution in [0, 0.1) is 5.82 Å². The van der Waals surface area contributed by atoms with Crippen LogP contribution in [0.5, 0.6) is 0 Å². The fourth-order valence-electron chi connectivity index (χ4n) is 3.53. The summed E-state index contributed by atoms with van der Waals surface area (Å²) in [6, 6.07) is 5.61. The van der Waals surface area contributed by atoms with E-state index in [1.165, 1.54) is 12.1 Å². The summed E-state index contributed by atoms with van der Waals surface area (Å²) in [5.74, 6) is -0.694. The number of nitrogens with one attached hydrogen (secondary N) is 1. The van der Waals surface area contributed by atoms with Crippen LogP contribution in [0.3, 0.4) is 0 Å². The van der Waals surface area contributed by atoms with Gasteiger partial charge in [-0.3, -0.25) is 14.3 Å². The summed E-state index contributed by atoms with van der Waals surface area (Å²) in [5.41, 5.74) is 2.06. The zero-order valence-electron chi connectivity index (χ0n) is 15.6. The largest absolute Gasteiger partial charge is 0.347 e. The molecule has 0 bridgehead atoms. The minimum atomic E-state index is -0.422. The molecule has 4 rings (SSSR count). The molecule has 7 nitrogen and oxygen atoms in total. The normalized spacial score (nSPS) is 16.8. The number of hydrogen-bond acceptors (Lipinski definition) is 4. The highest BCUT2D eigenvalue weighted by Gasteiger charge is 2.30. The van der Waals surface area contributed by atoms with Crippen LogP contribution in [0.4, 0.5) is 4.39 Å². The molecule has 8 heteroatoms. The minimum Gasteiger partial charge on any atom is -0.347 e. The van der Waals surface area contributed by atoms with Gasteiger partial charge in [-0.15, -0.1) is 0 Å². The summed E-state index contributed by atoms with van der Waals surface area (Å²) >= 11 is 0. The second kappa shape index (κ2) is 7.03. The Kier molecular flexibility index (Phi) is 4.54. The van der Waals surface area contributed by atoms with Crippen molar-refractivity contribution in [2.24, 2.45) is 7.05 Å². The second-order valence-corrected chi connectivity index (χ2v) is 6.93. The lowest BCUT2D eigenvalue weighted by molar-refractivity contribution is -0.127. The van der Waals surface area contributed by atoms with E-state index in [1.807, 2.05) is 6.92 Å². The molecule has 3 heterocycles. The second-order valence-electron chi connectivity index (χ2n) is 6.93. The molecule has 1 aromatic carbocycles. The standard InChI is InChI=1S/C20H20FN5O2/c1-3-26-11-14(7-19(26)27)23-20(28)16-8-17(12-9-22-25(2)10-12)24-18-6-13(21)4-5-15(16)18/h4-6,8-10,14H,3,7,11H2,1-2H3,(H,23,28). The molecule has 2 amide bonds. The summed E-state index contributed by atoms with van der Waals surface area (Å²) < 4.78 is 15.4. The molecule has 1 aliphatic rings. The van der Waals surface area contributed by atoms with Gasteiger partial charge in [-0.25, -0.2) is 9.37 Å². The van der Waals surface area contributed by atoms with Crippen LogP contribution in [0.2, 0.25) is 0 Å². The molecular formula is C20H20FN5O2. The van der Waals surface area contributed by atoms with Crippen LogP contribution >= 0.6 is 0 Å². The highest BCUT2D eigenvalue weighted by Crippen LogP contribution is 2.25. The average Bonchev–Trinajstić information content (AvgIpc) is 3.25. The first kappa shape index (κ1) is 18.1. The van der Waals surface area contributed by atoms with Gasteiger partial charge in [0.15, 0.2) is 0 Å². The molecule has 3 aromatic rings. The van der Waals surface area contributed by atoms with Crippen LogP contribution in [0.1, 0.15) is 23.7 Å². The predicted octanol–water partition coefficient (Wildman–Crippen LogP) is 2.12. The molecule has 1 atom stereocenters. The molecule has 0 saturated carbocycles. The summed E-state index contributed by atoms with van der Waals surface area (Å²) in [4.78, 5) is 31.2. The maximum absolute atomic E-state index is 13.8. The lowest BCUT2D eigenvalue weighted by atomic mass is 10.0. The Labute approximate surface area is 161 Å². The Bertz CT molecular complexity index is 1080. The number of hydrogen-bond donors (Lipinski definition) is 1. The summed E-state index contributed by atoms with van der Waals surface area (Å²) in [6.45, 7) is 3.02. The number of nitrogens with zero attached hydrogens (tertiary/aromatic N) is 4. The van der Waals surface area contributed by atoms with E-state index in [0.29, 0.717) is 35.2 Å². The van der Waals surface area contributed by atoms with E-state index >= 15 is 0 Å². The molecule has 0 spiro atoms. The first-order chi connectivity index (χ1) is 13.4. The van der Waals surface area contributed by atoms with Crippen molar-refractivity contribution < 1.29 is 14.0 Å². The topological polar surface area (TPSA) is 80.1 Å². The Hall–Kier alpha value is -3.29. The van der Waals surface area contributed by atoms with Crippen molar-refractivity contribution in [1.29, 1.82) is 0 Å². The van der Waals surface area contributed by atoms with Crippen molar-refractivity contribution in [3.05, 3.63) is 48.0 Å². The summed E-state index contributed by atoms with van der Waals surface area (Å²) in [7, 11) is 1.79. The Morgan fingerprint density at radius 1 is 1.36 bits per heavy atom. The quantitative estimate of drug-likeness (QED) is 0.751. The molecule has 0 aliphatic carbocycles. The van der Waals surface area contributed by atoms with E-state index in [9.17, 15) is 14.0 Å². The molecule has 1 N–H and O–H groups in total. The third-order valence-corrected chi connectivity index (χ3v) is 4.95. The number of carbonyl (C=O) groups is 2. The number of pyridine rings is 1. The number of fused-ring (bicyclic) bond motifs is 1. The van der Waals surface area contributed by atoms with Crippen LogP contribution in [-0.2, 0) is 11.8 Å². The monoisotopic (exact) mass is 381 g/mol. The lowest BCUT2D eigenvalue weighted by Crippen LogP contribution is -2.37. The number of benzene rings is 1. The molecule has 1 aliphatic heterocycles. The molecule has 28 heavy (non-hydrogen) atoms. The third kappa shape index (κ3) is 3.33. The molecule has 1 fully saturated rings. The van der Waals surface area contributed by atoms with E-state index in [1.54, 1.807) is 41.2 Å². The highest BCUT2D eigenvalue weighted by molar-refractivity contribution is 6.07. The van der Waals surface area contributed by atoms with E-state index < -0.39 is 5.82 Å². The number of aromatic nitrogens is 3.